The molecule has 0 aliphatic carbocycles. The van der Waals surface area contributed by atoms with Gasteiger partial charge in [0.1, 0.15) is 17.3 Å². The molecule has 1 aliphatic rings. The number of benzene rings is 2. The third-order valence-corrected chi connectivity index (χ3v) is 6.52. The number of carbonyl (C=O) groups excluding carboxylic acids is 2. The number of carbonyl (C=O) groups is 2. The SMILES string of the molecule is CCOc1ccc(C(O)=C2C(=O)C(=O)N(CCCN(CC)CC)C2c2cccc(OC)c2)cc1Cl. The number of aliphatic hydroxyl groups is 1. The maximum atomic E-state index is 13.2. The van der Waals surface area contributed by atoms with E-state index in [-0.39, 0.29) is 11.3 Å². The predicted molar refractivity (Wildman–Crippen MR) is 137 cm³/mol. The van der Waals surface area contributed by atoms with Crippen LogP contribution in [0.4, 0.5) is 0 Å². The van der Waals surface area contributed by atoms with Crippen LogP contribution in [0.15, 0.2) is 48.0 Å². The average molecular weight is 501 g/mol. The van der Waals surface area contributed by atoms with Crippen LogP contribution in [0.1, 0.15) is 44.4 Å². The van der Waals surface area contributed by atoms with Crippen LogP contribution in [0.3, 0.4) is 0 Å². The van der Waals surface area contributed by atoms with Gasteiger partial charge >= 0.3 is 0 Å². The lowest BCUT2D eigenvalue weighted by Crippen LogP contribution is -2.33. The second-order valence-electron chi connectivity index (χ2n) is 8.23. The average Bonchev–Trinajstić information content (AvgIpc) is 3.12. The maximum Gasteiger partial charge on any atom is 0.295 e. The van der Waals surface area contributed by atoms with Crippen molar-refractivity contribution in [3.63, 3.8) is 0 Å². The topological polar surface area (TPSA) is 79.3 Å². The van der Waals surface area contributed by atoms with Gasteiger partial charge in [0.15, 0.2) is 0 Å². The molecule has 1 unspecified atom stereocenters. The van der Waals surface area contributed by atoms with E-state index in [0.29, 0.717) is 47.2 Å². The first-order valence-electron chi connectivity index (χ1n) is 11.9. The van der Waals surface area contributed by atoms with Crippen molar-refractivity contribution >= 4 is 29.1 Å². The van der Waals surface area contributed by atoms with Crippen molar-refractivity contribution in [3.8, 4) is 11.5 Å². The van der Waals surface area contributed by atoms with E-state index in [1.165, 1.54) is 6.07 Å². The normalized spacial score (nSPS) is 17.3. The van der Waals surface area contributed by atoms with Crippen LogP contribution >= 0.6 is 11.6 Å². The van der Waals surface area contributed by atoms with Crippen molar-refractivity contribution in [1.82, 2.24) is 9.80 Å². The van der Waals surface area contributed by atoms with E-state index in [1.807, 2.05) is 13.0 Å². The van der Waals surface area contributed by atoms with Gasteiger partial charge in [-0.2, -0.15) is 0 Å². The Hall–Kier alpha value is -3.03. The van der Waals surface area contributed by atoms with Gasteiger partial charge in [-0.05, 0) is 68.9 Å². The Bertz CT molecular complexity index is 1100. The standard InChI is InChI=1S/C27H33ClN2O5/c1-5-29(6-2)14-9-15-30-24(18-10-8-11-20(16-18)34-4)23(26(32)27(30)33)25(31)19-12-13-22(35-7-3)21(28)17-19/h8,10-13,16-17,24,31H,5-7,9,14-15H2,1-4H3. The number of nitrogens with zero attached hydrogens (tertiary/aromatic N) is 2. The summed E-state index contributed by atoms with van der Waals surface area (Å²) >= 11 is 6.33. The summed E-state index contributed by atoms with van der Waals surface area (Å²) in [5, 5.41) is 11.6. The summed E-state index contributed by atoms with van der Waals surface area (Å²) in [6.07, 6.45) is 0.699. The quantitative estimate of drug-likeness (QED) is 0.268. The van der Waals surface area contributed by atoms with E-state index in [0.717, 1.165) is 19.6 Å². The molecule has 8 heteroatoms. The van der Waals surface area contributed by atoms with Gasteiger partial charge in [0.25, 0.3) is 11.7 Å². The van der Waals surface area contributed by atoms with Gasteiger partial charge in [-0.3, -0.25) is 9.59 Å². The third kappa shape index (κ3) is 5.80. The van der Waals surface area contributed by atoms with E-state index in [4.69, 9.17) is 21.1 Å². The Morgan fingerprint density at radius 2 is 1.86 bits per heavy atom. The van der Waals surface area contributed by atoms with Gasteiger partial charge in [0, 0.05) is 12.1 Å². The highest BCUT2D eigenvalue weighted by molar-refractivity contribution is 6.46. The van der Waals surface area contributed by atoms with E-state index < -0.39 is 17.7 Å². The molecule has 0 spiro atoms. The molecule has 2 aromatic carbocycles. The lowest BCUT2D eigenvalue weighted by Gasteiger charge is -2.27. The van der Waals surface area contributed by atoms with Crippen LogP contribution in [0, 0.1) is 0 Å². The van der Waals surface area contributed by atoms with Crippen LogP contribution in [0.2, 0.25) is 5.02 Å². The Labute approximate surface area is 211 Å². The number of hydrogen-bond donors (Lipinski definition) is 1. The van der Waals surface area contributed by atoms with E-state index in [1.54, 1.807) is 42.3 Å². The molecule has 0 saturated carbocycles. The second-order valence-corrected chi connectivity index (χ2v) is 8.63. The molecule has 0 radical (unpaired) electrons. The van der Waals surface area contributed by atoms with Crippen LogP contribution in [0.25, 0.3) is 5.76 Å². The number of halogens is 1. The zero-order valence-electron chi connectivity index (χ0n) is 20.7. The minimum Gasteiger partial charge on any atom is -0.507 e. The van der Waals surface area contributed by atoms with Crippen molar-refractivity contribution in [1.29, 1.82) is 0 Å². The fourth-order valence-electron chi connectivity index (χ4n) is 4.35. The van der Waals surface area contributed by atoms with Crippen molar-refractivity contribution in [3.05, 3.63) is 64.2 Å². The highest BCUT2D eigenvalue weighted by Gasteiger charge is 2.46. The number of likely N-dealkylation sites (tertiary alicyclic amines) is 1. The molecular weight excluding hydrogens is 468 g/mol. The maximum absolute atomic E-state index is 13.2. The zero-order valence-corrected chi connectivity index (χ0v) is 21.5. The Morgan fingerprint density at radius 1 is 1.11 bits per heavy atom. The summed E-state index contributed by atoms with van der Waals surface area (Å²) in [6, 6.07) is 11.3. The largest absolute Gasteiger partial charge is 0.507 e. The molecule has 2 aromatic rings. The number of aliphatic hydroxyl groups excluding tert-OH is 1. The number of ketones is 1. The van der Waals surface area contributed by atoms with E-state index >= 15 is 0 Å². The van der Waals surface area contributed by atoms with Crippen molar-refractivity contribution in [2.45, 2.75) is 33.2 Å². The van der Waals surface area contributed by atoms with E-state index in [9.17, 15) is 14.7 Å². The Balaban J connectivity index is 2.06. The van der Waals surface area contributed by atoms with Gasteiger partial charge in [-0.25, -0.2) is 0 Å². The number of hydrogen-bond acceptors (Lipinski definition) is 6. The minimum absolute atomic E-state index is 0.0336. The molecule has 35 heavy (non-hydrogen) atoms. The van der Waals surface area contributed by atoms with Crippen LogP contribution in [-0.2, 0) is 9.59 Å². The van der Waals surface area contributed by atoms with Gasteiger partial charge in [0.05, 0.1) is 30.4 Å². The number of methoxy groups -OCH3 is 1. The summed E-state index contributed by atoms with van der Waals surface area (Å²) in [5.41, 5.74) is 1.06. The van der Waals surface area contributed by atoms with Crippen molar-refractivity contribution in [2.24, 2.45) is 0 Å². The summed E-state index contributed by atoms with van der Waals surface area (Å²) in [4.78, 5) is 30.2. The van der Waals surface area contributed by atoms with Crippen LogP contribution < -0.4 is 9.47 Å². The fraction of sp³-hybridized carbons (Fsp3) is 0.407. The molecule has 1 N–H and O–H groups in total. The van der Waals surface area contributed by atoms with Gasteiger partial charge in [0.2, 0.25) is 0 Å². The smallest absolute Gasteiger partial charge is 0.295 e. The van der Waals surface area contributed by atoms with Crippen LogP contribution in [0.5, 0.6) is 11.5 Å². The number of rotatable bonds is 11. The van der Waals surface area contributed by atoms with Crippen molar-refractivity contribution in [2.75, 3.05) is 39.9 Å². The lowest BCUT2D eigenvalue weighted by atomic mass is 9.95. The monoisotopic (exact) mass is 500 g/mol. The third-order valence-electron chi connectivity index (χ3n) is 6.22. The highest BCUT2D eigenvalue weighted by atomic mass is 35.5. The molecule has 0 bridgehead atoms. The second kappa shape index (κ2) is 12.1. The van der Waals surface area contributed by atoms with Gasteiger partial charge < -0.3 is 24.4 Å². The first-order valence-corrected chi connectivity index (χ1v) is 12.3. The summed E-state index contributed by atoms with van der Waals surface area (Å²) in [7, 11) is 1.56. The van der Waals surface area contributed by atoms with Gasteiger partial charge in [-0.1, -0.05) is 37.6 Å². The number of amides is 1. The van der Waals surface area contributed by atoms with Crippen LogP contribution in [-0.4, -0.2) is 66.5 Å². The molecule has 1 heterocycles. The molecule has 1 aliphatic heterocycles. The molecule has 188 valence electrons. The lowest BCUT2D eigenvalue weighted by molar-refractivity contribution is -0.140. The molecule has 1 amide bonds. The number of ether oxygens (including phenoxy) is 2. The molecular formula is C27H33ClN2O5. The minimum atomic E-state index is -0.743. The molecule has 7 nitrogen and oxygen atoms in total. The Kier molecular flexibility index (Phi) is 9.18. The molecule has 1 atom stereocenters. The Morgan fingerprint density at radius 3 is 2.49 bits per heavy atom. The molecule has 0 aromatic heterocycles. The van der Waals surface area contributed by atoms with Crippen molar-refractivity contribution < 1.29 is 24.2 Å². The molecule has 1 fully saturated rings. The van der Waals surface area contributed by atoms with Gasteiger partial charge in [-0.15, -0.1) is 0 Å². The van der Waals surface area contributed by atoms with E-state index in [2.05, 4.69) is 18.7 Å². The highest BCUT2D eigenvalue weighted by Crippen LogP contribution is 2.41. The summed E-state index contributed by atoms with van der Waals surface area (Å²) < 4.78 is 10.8. The number of Topliss-reactive ketones (excluding diaryl/α,β-unsaturated/α-hetero) is 1. The first kappa shape index (κ1) is 26.6. The zero-order chi connectivity index (χ0) is 25.5. The molecule has 1 saturated heterocycles. The fourth-order valence-corrected chi connectivity index (χ4v) is 4.58. The summed E-state index contributed by atoms with van der Waals surface area (Å²) in [5.74, 6) is -0.543. The first-order chi connectivity index (χ1) is 16.9. The summed E-state index contributed by atoms with van der Waals surface area (Å²) in [6.45, 7) is 9.47. The molecule has 3 rings (SSSR count). The predicted octanol–water partition coefficient (Wildman–Crippen LogP) is 4.90.